The highest BCUT2D eigenvalue weighted by molar-refractivity contribution is 7.10. The van der Waals surface area contributed by atoms with Gasteiger partial charge >= 0.3 is 6.03 Å². The van der Waals surface area contributed by atoms with Gasteiger partial charge in [-0.15, -0.1) is 11.3 Å². The molecule has 1 aromatic carbocycles. The quantitative estimate of drug-likeness (QED) is 0.553. The summed E-state index contributed by atoms with van der Waals surface area (Å²) in [4.78, 5) is 30.8. The average Bonchev–Trinajstić information content (AvgIpc) is 3.27. The monoisotopic (exact) mass is 477 g/mol. The third-order valence-corrected chi connectivity index (χ3v) is 7.06. The molecule has 32 heavy (non-hydrogen) atoms. The molecule has 3 rings (SSSR count). The molecule has 1 aliphatic heterocycles. The number of urea groups is 1. The van der Waals surface area contributed by atoms with Crippen LogP contribution in [0.4, 0.5) is 4.79 Å². The molecule has 2 unspecified atom stereocenters. The molecule has 0 aliphatic carbocycles. The standard InChI is InChI=1S/C24H32ClN3O3S/c1-4-17(3)14-27(24(30)26-5-2)15-23(29)28-12-10-22-20(11-13-32-22)21(28)16-31-19-8-6-18(25)7-9-19/h6-9,11,13,17,21H,4-5,10,12,14-16H2,1-3H3,(H,26,30). The second-order valence-electron chi connectivity index (χ2n) is 8.15. The first-order valence-corrected chi connectivity index (χ1v) is 12.5. The van der Waals surface area contributed by atoms with E-state index in [1.807, 2.05) is 24.0 Å². The minimum absolute atomic E-state index is 0.0545. The summed E-state index contributed by atoms with van der Waals surface area (Å²) in [7, 11) is 0. The van der Waals surface area contributed by atoms with Crippen LogP contribution in [0.1, 0.15) is 43.7 Å². The van der Waals surface area contributed by atoms with Crippen LogP contribution in [0.5, 0.6) is 5.75 Å². The van der Waals surface area contributed by atoms with Gasteiger partial charge in [-0.1, -0.05) is 31.9 Å². The highest BCUT2D eigenvalue weighted by Crippen LogP contribution is 2.34. The fourth-order valence-corrected chi connectivity index (χ4v) is 4.88. The number of fused-ring (bicyclic) bond motifs is 1. The second-order valence-corrected chi connectivity index (χ2v) is 9.58. The van der Waals surface area contributed by atoms with Crippen molar-refractivity contribution in [3.63, 3.8) is 0 Å². The molecule has 0 bridgehead atoms. The predicted octanol–water partition coefficient (Wildman–Crippen LogP) is 4.98. The van der Waals surface area contributed by atoms with Crippen molar-refractivity contribution in [1.82, 2.24) is 15.1 Å². The van der Waals surface area contributed by atoms with Crippen molar-refractivity contribution >= 4 is 34.9 Å². The van der Waals surface area contributed by atoms with Crippen molar-refractivity contribution in [3.8, 4) is 5.75 Å². The molecule has 0 saturated heterocycles. The molecule has 2 heterocycles. The lowest BCUT2D eigenvalue weighted by atomic mass is 10.00. The van der Waals surface area contributed by atoms with Gasteiger partial charge in [-0.3, -0.25) is 4.79 Å². The molecule has 0 fully saturated rings. The highest BCUT2D eigenvalue weighted by atomic mass is 35.5. The summed E-state index contributed by atoms with van der Waals surface area (Å²) in [5.74, 6) is 0.977. The van der Waals surface area contributed by atoms with Crippen molar-refractivity contribution in [2.75, 3.05) is 32.8 Å². The van der Waals surface area contributed by atoms with E-state index in [4.69, 9.17) is 16.3 Å². The number of amides is 3. The number of rotatable bonds is 9. The Morgan fingerprint density at radius 1 is 1.28 bits per heavy atom. The van der Waals surface area contributed by atoms with E-state index >= 15 is 0 Å². The maximum absolute atomic E-state index is 13.4. The molecule has 1 aromatic heterocycles. The van der Waals surface area contributed by atoms with Gasteiger partial charge in [0.05, 0.1) is 6.04 Å². The minimum Gasteiger partial charge on any atom is -0.491 e. The molecule has 2 atom stereocenters. The van der Waals surface area contributed by atoms with Crippen molar-refractivity contribution in [2.24, 2.45) is 5.92 Å². The largest absolute Gasteiger partial charge is 0.491 e. The summed E-state index contributed by atoms with van der Waals surface area (Å²) in [5, 5.41) is 5.56. The number of thiophene rings is 1. The lowest BCUT2D eigenvalue weighted by Gasteiger charge is -2.37. The van der Waals surface area contributed by atoms with Crippen molar-refractivity contribution < 1.29 is 14.3 Å². The van der Waals surface area contributed by atoms with Crippen molar-refractivity contribution in [3.05, 3.63) is 51.2 Å². The van der Waals surface area contributed by atoms with E-state index < -0.39 is 0 Å². The van der Waals surface area contributed by atoms with Gasteiger partial charge in [-0.2, -0.15) is 0 Å². The molecule has 8 heteroatoms. The predicted molar refractivity (Wildman–Crippen MR) is 130 cm³/mol. The third kappa shape index (κ3) is 6.17. The average molecular weight is 478 g/mol. The lowest BCUT2D eigenvalue weighted by Crippen LogP contribution is -2.50. The first-order chi connectivity index (χ1) is 15.4. The Labute approximate surface area is 199 Å². The number of carbonyl (C=O) groups is 2. The highest BCUT2D eigenvalue weighted by Gasteiger charge is 2.33. The van der Waals surface area contributed by atoms with E-state index in [-0.39, 0.29) is 24.5 Å². The van der Waals surface area contributed by atoms with Crippen LogP contribution in [0.15, 0.2) is 35.7 Å². The smallest absolute Gasteiger partial charge is 0.317 e. The van der Waals surface area contributed by atoms with Crippen molar-refractivity contribution in [1.29, 1.82) is 0 Å². The van der Waals surface area contributed by atoms with E-state index in [1.165, 1.54) is 4.88 Å². The van der Waals surface area contributed by atoms with Gasteiger partial charge in [0.2, 0.25) is 5.91 Å². The molecule has 3 amide bonds. The van der Waals surface area contributed by atoms with Crippen LogP contribution in [0, 0.1) is 5.92 Å². The lowest BCUT2D eigenvalue weighted by molar-refractivity contribution is -0.135. The van der Waals surface area contributed by atoms with Gasteiger partial charge in [-0.25, -0.2) is 4.79 Å². The summed E-state index contributed by atoms with van der Waals surface area (Å²) < 4.78 is 6.04. The zero-order chi connectivity index (χ0) is 23.1. The maximum Gasteiger partial charge on any atom is 0.317 e. The Morgan fingerprint density at radius 2 is 2.03 bits per heavy atom. The summed E-state index contributed by atoms with van der Waals surface area (Å²) in [6.07, 6.45) is 1.77. The Balaban J connectivity index is 1.75. The van der Waals surface area contributed by atoms with Gasteiger partial charge in [-0.05, 0) is 60.5 Å². The number of nitrogens with zero attached hydrogens (tertiary/aromatic N) is 2. The van der Waals surface area contributed by atoms with Gasteiger partial charge < -0.3 is 19.9 Å². The third-order valence-electron chi connectivity index (χ3n) is 5.81. The molecule has 2 aromatic rings. The van der Waals surface area contributed by atoms with E-state index in [9.17, 15) is 9.59 Å². The Bertz CT molecular complexity index is 902. The SMILES string of the molecule is CCNC(=O)N(CC(=O)N1CCc2sccc2C1COc1ccc(Cl)cc1)CC(C)CC. The number of halogens is 1. The molecule has 6 nitrogen and oxygen atoms in total. The molecule has 1 N–H and O–H groups in total. The first kappa shape index (κ1) is 24.4. The number of hydrogen-bond acceptors (Lipinski definition) is 4. The van der Waals surface area contributed by atoms with Crippen LogP contribution in [0.3, 0.4) is 0 Å². The number of hydrogen-bond donors (Lipinski definition) is 1. The molecular formula is C24H32ClN3O3S. The zero-order valence-corrected chi connectivity index (χ0v) is 20.5. The number of carbonyl (C=O) groups excluding carboxylic acids is 2. The molecule has 0 saturated carbocycles. The fourth-order valence-electron chi connectivity index (χ4n) is 3.82. The summed E-state index contributed by atoms with van der Waals surface area (Å²) in [6.45, 7) is 8.19. The molecular weight excluding hydrogens is 446 g/mol. The summed E-state index contributed by atoms with van der Waals surface area (Å²) >= 11 is 7.69. The normalized spacial score (nSPS) is 16.2. The van der Waals surface area contributed by atoms with Crippen LogP contribution in [0.25, 0.3) is 0 Å². The van der Waals surface area contributed by atoms with Crippen LogP contribution in [-0.4, -0.2) is 54.5 Å². The number of ether oxygens (including phenoxy) is 1. The number of nitrogens with one attached hydrogen (secondary N) is 1. The summed E-state index contributed by atoms with van der Waals surface area (Å²) in [5.41, 5.74) is 1.13. The van der Waals surface area contributed by atoms with Gasteiger partial charge in [0, 0.05) is 29.5 Å². The fraction of sp³-hybridized carbons (Fsp3) is 0.500. The van der Waals surface area contributed by atoms with Crippen LogP contribution in [0.2, 0.25) is 5.02 Å². The maximum atomic E-state index is 13.4. The van der Waals surface area contributed by atoms with Gasteiger partial charge in [0.15, 0.2) is 0 Å². The van der Waals surface area contributed by atoms with Crippen molar-refractivity contribution in [2.45, 2.75) is 39.7 Å². The van der Waals surface area contributed by atoms with Crippen LogP contribution >= 0.6 is 22.9 Å². The second kappa shape index (κ2) is 11.6. The minimum atomic E-state index is -0.191. The Hall–Kier alpha value is -2.25. The topological polar surface area (TPSA) is 61.9 Å². The van der Waals surface area contributed by atoms with Crippen LogP contribution < -0.4 is 10.1 Å². The molecule has 1 aliphatic rings. The van der Waals surface area contributed by atoms with E-state index in [0.29, 0.717) is 42.9 Å². The van der Waals surface area contributed by atoms with E-state index in [0.717, 1.165) is 18.4 Å². The Morgan fingerprint density at radius 3 is 2.72 bits per heavy atom. The summed E-state index contributed by atoms with van der Waals surface area (Å²) in [6, 6.07) is 8.93. The van der Waals surface area contributed by atoms with Gasteiger partial charge in [0.25, 0.3) is 0 Å². The first-order valence-electron chi connectivity index (χ1n) is 11.2. The van der Waals surface area contributed by atoms with E-state index in [2.05, 4.69) is 30.6 Å². The molecule has 0 spiro atoms. The number of benzene rings is 1. The van der Waals surface area contributed by atoms with E-state index in [1.54, 1.807) is 28.4 Å². The van der Waals surface area contributed by atoms with Gasteiger partial charge in [0.1, 0.15) is 18.9 Å². The molecule has 174 valence electrons. The molecule has 0 radical (unpaired) electrons. The zero-order valence-electron chi connectivity index (χ0n) is 19.0. The van der Waals surface area contributed by atoms with Crippen LogP contribution in [-0.2, 0) is 11.2 Å². The Kier molecular flexibility index (Phi) is 8.82.